The molecule has 6 nitrogen and oxygen atoms in total. The van der Waals surface area contributed by atoms with Gasteiger partial charge < -0.3 is 15.0 Å². The number of nitrogens with one attached hydrogen (secondary N) is 2. The molecule has 1 fully saturated rings. The summed E-state index contributed by atoms with van der Waals surface area (Å²) in [5.74, 6) is 1.30. The van der Waals surface area contributed by atoms with Gasteiger partial charge in [-0.15, -0.1) is 6.58 Å². The second-order valence-electron chi connectivity index (χ2n) is 6.51. The Bertz CT molecular complexity index is 994. The summed E-state index contributed by atoms with van der Waals surface area (Å²) < 4.78 is 5.49. The first-order chi connectivity index (χ1) is 12.6. The van der Waals surface area contributed by atoms with Crippen molar-refractivity contribution in [1.82, 2.24) is 20.3 Å². The van der Waals surface area contributed by atoms with Crippen LogP contribution in [0.1, 0.15) is 25.1 Å². The summed E-state index contributed by atoms with van der Waals surface area (Å²) >= 11 is 0. The van der Waals surface area contributed by atoms with Crippen LogP contribution in [-0.2, 0) is 10.3 Å². The van der Waals surface area contributed by atoms with E-state index in [0.717, 1.165) is 28.0 Å². The Balaban J connectivity index is 1.79. The smallest absolute Gasteiger partial charge is 0.223 e. The van der Waals surface area contributed by atoms with Gasteiger partial charge in [0.05, 0.1) is 30.1 Å². The van der Waals surface area contributed by atoms with Crippen LogP contribution in [-0.4, -0.2) is 28.0 Å². The number of ether oxygens (including phenoxy) is 1. The molecule has 1 aliphatic rings. The van der Waals surface area contributed by atoms with Crippen LogP contribution in [0.25, 0.3) is 22.2 Å². The molecule has 2 N–H and O–H groups in total. The van der Waals surface area contributed by atoms with Crippen LogP contribution < -0.4 is 10.1 Å². The maximum absolute atomic E-state index is 11.8. The zero-order valence-electron chi connectivity index (χ0n) is 14.6. The maximum atomic E-state index is 11.8. The fourth-order valence-corrected chi connectivity index (χ4v) is 3.54. The first kappa shape index (κ1) is 16.3. The van der Waals surface area contributed by atoms with E-state index in [2.05, 4.69) is 26.8 Å². The van der Waals surface area contributed by atoms with Crippen molar-refractivity contribution in [3.8, 4) is 17.1 Å². The summed E-state index contributed by atoms with van der Waals surface area (Å²) in [6.45, 7) is 3.82. The van der Waals surface area contributed by atoms with Crippen molar-refractivity contribution >= 4 is 16.8 Å². The number of aromatic amines is 1. The van der Waals surface area contributed by atoms with Crippen molar-refractivity contribution in [2.75, 3.05) is 7.11 Å². The minimum Gasteiger partial charge on any atom is -0.480 e. The second-order valence-corrected chi connectivity index (χ2v) is 6.51. The van der Waals surface area contributed by atoms with E-state index in [-0.39, 0.29) is 5.91 Å². The first-order valence-corrected chi connectivity index (χ1v) is 8.57. The van der Waals surface area contributed by atoms with Crippen molar-refractivity contribution in [3.63, 3.8) is 0 Å². The number of fused-ring (bicyclic) bond motifs is 1. The lowest BCUT2D eigenvalue weighted by Gasteiger charge is -2.25. The molecule has 1 aliphatic heterocycles. The van der Waals surface area contributed by atoms with Crippen molar-refractivity contribution < 1.29 is 9.53 Å². The second kappa shape index (κ2) is 6.29. The third-order valence-electron chi connectivity index (χ3n) is 4.85. The molecule has 2 aromatic heterocycles. The van der Waals surface area contributed by atoms with E-state index in [1.54, 1.807) is 13.3 Å². The number of amides is 1. The Hall–Kier alpha value is -3.15. The predicted molar refractivity (Wildman–Crippen MR) is 99.7 cm³/mol. The lowest BCUT2D eigenvalue weighted by molar-refractivity contribution is -0.119. The molecule has 4 rings (SSSR count). The minimum atomic E-state index is -0.519. The molecule has 1 atom stereocenters. The largest absolute Gasteiger partial charge is 0.480 e. The molecule has 3 aromatic rings. The van der Waals surface area contributed by atoms with Crippen molar-refractivity contribution in [2.45, 2.75) is 24.8 Å². The number of imidazole rings is 1. The Kier molecular flexibility index (Phi) is 3.95. The molecule has 1 aromatic carbocycles. The van der Waals surface area contributed by atoms with Crippen molar-refractivity contribution in [3.05, 3.63) is 55.0 Å². The minimum absolute atomic E-state index is 0.0368. The highest BCUT2D eigenvalue weighted by Gasteiger charge is 2.40. The normalized spacial score (nSPS) is 19.5. The van der Waals surface area contributed by atoms with Crippen LogP contribution in [0.4, 0.5) is 0 Å². The van der Waals surface area contributed by atoms with Gasteiger partial charge >= 0.3 is 0 Å². The summed E-state index contributed by atoms with van der Waals surface area (Å²) in [5.41, 5.74) is 2.00. The molecule has 0 aliphatic carbocycles. The standard InChI is InChI=1S/C20H20N4O2/c1-3-9-20(10-8-17(25)24-20)19-21-12-16(23-19)14-11-13-6-4-5-7-15(13)22-18(14)26-2/h3-7,11-12H,1,8-10H2,2H3,(H,21,23)(H,24,25). The molecule has 26 heavy (non-hydrogen) atoms. The zero-order valence-corrected chi connectivity index (χ0v) is 14.6. The van der Waals surface area contributed by atoms with Crippen LogP contribution in [0.3, 0.4) is 0 Å². The van der Waals surface area contributed by atoms with E-state index in [9.17, 15) is 4.79 Å². The van der Waals surface area contributed by atoms with Gasteiger partial charge in [-0.1, -0.05) is 24.3 Å². The fourth-order valence-electron chi connectivity index (χ4n) is 3.54. The number of aromatic nitrogens is 3. The van der Waals surface area contributed by atoms with E-state index in [1.165, 1.54) is 0 Å². The molecule has 6 heteroatoms. The third kappa shape index (κ3) is 2.63. The fraction of sp³-hybridized carbons (Fsp3) is 0.250. The van der Waals surface area contributed by atoms with Crippen LogP contribution in [0.2, 0.25) is 0 Å². The number of carbonyl (C=O) groups excluding carboxylic acids is 1. The molecule has 1 unspecified atom stereocenters. The van der Waals surface area contributed by atoms with Gasteiger partial charge in [0.2, 0.25) is 11.8 Å². The number of benzene rings is 1. The molecule has 132 valence electrons. The summed E-state index contributed by atoms with van der Waals surface area (Å²) in [5, 5.41) is 4.08. The number of carbonyl (C=O) groups is 1. The summed E-state index contributed by atoms with van der Waals surface area (Å²) in [6, 6.07) is 9.92. The number of para-hydroxylation sites is 1. The molecule has 0 radical (unpaired) electrons. The van der Waals surface area contributed by atoms with Crippen LogP contribution in [0.15, 0.2) is 49.2 Å². The summed E-state index contributed by atoms with van der Waals surface area (Å²) in [4.78, 5) is 24.3. The summed E-state index contributed by atoms with van der Waals surface area (Å²) in [6.07, 6.45) is 5.38. The van der Waals surface area contributed by atoms with E-state index < -0.39 is 5.54 Å². The van der Waals surface area contributed by atoms with Gasteiger partial charge in [0.15, 0.2) is 0 Å². The van der Waals surface area contributed by atoms with Gasteiger partial charge in [-0.2, -0.15) is 0 Å². The van der Waals surface area contributed by atoms with E-state index in [1.807, 2.05) is 36.4 Å². The molecular weight excluding hydrogens is 328 g/mol. The third-order valence-corrected chi connectivity index (χ3v) is 4.85. The van der Waals surface area contributed by atoms with Crippen LogP contribution in [0, 0.1) is 0 Å². The topological polar surface area (TPSA) is 79.9 Å². The van der Waals surface area contributed by atoms with Crippen LogP contribution in [0.5, 0.6) is 5.88 Å². The van der Waals surface area contributed by atoms with Crippen LogP contribution >= 0.6 is 0 Å². The molecular formula is C20H20N4O2. The number of nitrogens with zero attached hydrogens (tertiary/aromatic N) is 2. The molecule has 0 saturated carbocycles. The Labute approximate surface area is 151 Å². The van der Waals surface area contributed by atoms with Gasteiger partial charge in [-0.3, -0.25) is 4.79 Å². The Morgan fingerprint density at radius 2 is 2.23 bits per heavy atom. The number of hydrogen-bond donors (Lipinski definition) is 2. The monoisotopic (exact) mass is 348 g/mol. The summed E-state index contributed by atoms with van der Waals surface area (Å²) in [7, 11) is 1.61. The number of pyridine rings is 1. The number of rotatable bonds is 5. The van der Waals surface area contributed by atoms with Gasteiger partial charge in [0.1, 0.15) is 11.4 Å². The first-order valence-electron chi connectivity index (χ1n) is 8.57. The molecule has 0 bridgehead atoms. The maximum Gasteiger partial charge on any atom is 0.223 e. The average Bonchev–Trinajstić information content (AvgIpc) is 3.29. The molecule has 0 spiro atoms. The van der Waals surface area contributed by atoms with E-state index >= 15 is 0 Å². The average molecular weight is 348 g/mol. The van der Waals surface area contributed by atoms with Gasteiger partial charge in [-0.05, 0) is 25.0 Å². The lowest BCUT2D eigenvalue weighted by atomic mass is 9.92. The predicted octanol–water partition coefficient (Wildman–Crippen LogP) is 3.31. The molecule has 1 amide bonds. The van der Waals surface area contributed by atoms with Gasteiger partial charge in [0.25, 0.3) is 0 Å². The van der Waals surface area contributed by atoms with Crippen molar-refractivity contribution in [1.29, 1.82) is 0 Å². The lowest BCUT2D eigenvalue weighted by Crippen LogP contribution is -2.39. The SMILES string of the molecule is C=CCC1(c2ncc(-c3cc4ccccc4nc3OC)[nH]2)CCC(=O)N1. The number of methoxy groups -OCH3 is 1. The molecule has 1 saturated heterocycles. The Morgan fingerprint density at radius 3 is 2.96 bits per heavy atom. The van der Waals surface area contributed by atoms with E-state index in [0.29, 0.717) is 25.1 Å². The highest BCUT2D eigenvalue weighted by Crippen LogP contribution is 2.36. The highest BCUT2D eigenvalue weighted by molar-refractivity contribution is 5.85. The zero-order chi connectivity index (χ0) is 18.1. The Morgan fingerprint density at radius 1 is 1.38 bits per heavy atom. The quantitative estimate of drug-likeness (QED) is 0.693. The van der Waals surface area contributed by atoms with Gasteiger partial charge in [-0.25, -0.2) is 9.97 Å². The molecule has 3 heterocycles. The van der Waals surface area contributed by atoms with Crippen molar-refractivity contribution in [2.24, 2.45) is 0 Å². The van der Waals surface area contributed by atoms with Gasteiger partial charge in [0, 0.05) is 11.8 Å². The number of hydrogen-bond acceptors (Lipinski definition) is 4. The van der Waals surface area contributed by atoms with E-state index in [4.69, 9.17) is 4.74 Å². The highest BCUT2D eigenvalue weighted by atomic mass is 16.5. The number of H-pyrrole nitrogens is 1.